The van der Waals surface area contributed by atoms with Gasteiger partial charge in [-0.3, -0.25) is 14.4 Å². The molecule has 10 nitrogen and oxygen atoms in total. The second-order valence-electron chi connectivity index (χ2n) is 9.27. The van der Waals surface area contributed by atoms with Gasteiger partial charge in [0.2, 0.25) is 5.91 Å². The van der Waals surface area contributed by atoms with Crippen LogP contribution in [0.3, 0.4) is 0 Å². The lowest BCUT2D eigenvalue weighted by Gasteiger charge is -2.30. The lowest BCUT2D eigenvalue weighted by Crippen LogP contribution is -2.36. The average Bonchev–Trinajstić information content (AvgIpc) is 3.34. The number of alkyl halides is 3. The van der Waals surface area contributed by atoms with E-state index in [-0.39, 0.29) is 23.6 Å². The maximum atomic E-state index is 13.0. The van der Waals surface area contributed by atoms with E-state index in [0.29, 0.717) is 49.6 Å². The Labute approximate surface area is 221 Å². The number of morpholine rings is 1. The smallest absolute Gasteiger partial charge is 0.378 e. The summed E-state index contributed by atoms with van der Waals surface area (Å²) in [4.78, 5) is 43.3. The largest absolute Gasteiger partial charge is 0.405 e. The lowest BCUT2D eigenvalue weighted by molar-refractivity contribution is -0.123. The predicted octanol–water partition coefficient (Wildman–Crippen LogP) is 3.13. The molecule has 2 fully saturated rings. The molecule has 2 heterocycles. The number of nitrogens with one attached hydrogen (secondary N) is 2. The standard InChI is InChI=1S/C24H28ClF3N6O4/c25-17-6-5-16(33-7-9-38-10-8-33)11-18(17)32-22(36)14-1-3-15(4-2-14)34-13-31-19(20(34)21(29)35)23(37)30-12-24(26,27)28/h5-6,11,13-15H,1-4,7-10,12H2,(H2,29,35)(H,30,37)(H,32,36)/t14-,15-. The van der Waals surface area contributed by atoms with Gasteiger partial charge >= 0.3 is 6.18 Å². The zero-order valence-corrected chi connectivity index (χ0v) is 21.1. The van der Waals surface area contributed by atoms with E-state index in [0.717, 1.165) is 18.8 Å². The summed E-state index contributed by atoms with van der Waals surface area (Å²) in [5.74, 6) is -2.62. The first-order chi connectivity index (χ1) is 18.0. The molecule has 206 valence electrons. The van der Waals surface area contributed by atoms with E-state index in [1.807, 2.05) is 12.1 Å². The van der Waals surface area contributed by atoms with Crippen LogP contribution >= 0.6 is 11.6 Å². The molecule has 1 aromatic carbocycles. The van der Waals surface area contributed by atoms with Crippen molar-refractivity contribution in [2.75, 3.05) is 43.1 Å². The zero-order valence-electron chi connectivity index (χ0n) is 20.4. The van der Waals surface area contributed by atoms with Crippen molar-refractivity contribution in [1.29, 1.82) is 0 Å². The van der Waals surface area contributed by atoms with Crippen LogP contribution < -0.4 is 21.3 Å². The first kappa shape index (κ1) is 27.7. The van der Waals surface area contributed by atoms with Gasteiger partial charge in [-0.2, -0.15) is 13.2 Å². The topological polar surface area (TPSA) is 132 Å². The van der Waals surface area contributed by atoms with E-state index in [2.05, 4.69) is 15.2 Å². The first-order valence-electron chi connectivity index (χ1n) is 12.2. The monoisotopic (exact) mass is 556 g/mol. The SMILES string of the molecule is NC(=O)c1c(C(=O)NCC(F)(F)F)ncn1[C@H]1CC[C@H](C(=O)Nc2cc(N3CCOCC3)ccc2Cl)CC1. The molecule has 1 aromatic heterocycles. The number of amides is 3. The Morgan fingerprint density at radius 1 is 1.13 bits per heavy atom. The molecule has 2 aliphatic rings. The molecule has 2 aromatic rings. The molecule has 0 bridgehead atoms. The van der Waals surface area contributed by atoms with Crippen LogP contribution in [0.5, 0.6) is 0 Å². The highest BCUT2D eigenvalue weighted by molar-refractivity contribution is 6.33. The average molecular weight is 557 g/mol. The third kappa shape index (κ3) is 6.57. The number of imidazole rings is 1. The number of carbonyl (C=O) groups excluding carboxylic acids is 3. The number of anilines is 2. The number of ether oxygens (including phenoxy) is 1. The summed E-state index contributed by atoms with van der Waals surface area (Å²) in [7, 11) is 0. The van der Waals surface area contributed by atoms with Gasteiger partial charge in [0, 0.05) is 30.7 Å². The number of primary amides is 1. The molecule has 4 rings (SSSR count). The number of benzene rings is 1. The van der Waals surface area contributed by atoms with Crippen molar-refractivity contribution in [2.45, 2.75) is 37.9 Å². The normalized spacial score (nSPS) is 20.2. The van der Waals surface area contributed by atoms with Crippen molar-refractivity contribution < 1.29 is 32.3 Å². The van der Waals surface area contributed by atoms with Gasteiger partial charge in [-0.1, -0.05) is 11.6 Å². The van der Waals surface area contributed by atoms with E-state index in [4.69, 9.17) is 22.1 Å². The summed E-state index contributed by atoms with van der Waals surface area (Å²) < 4.78 is 44.2. The number of halogens is 4. The fourth-order valence-corrected chi connectivity index (χ4v) is 4.96. The highest BCUT2D eigenvalue weighted by Crippen LogP contribution is 2.35. The summed E-state index contributed by atoms with van der Waals surface area (Å²) in [6.45, 7) is 1.18. The minimum Gasteiger partial charge on any atom is -0.378 e. The van der Waals surface area contributed by atoms with Gasteiger partial charge in [-0.05, 0) is 43.9 Å². The number of hydrogen-bond donors (Lipinski definition) is 3. The van der Waals surface area contributed by atoms with Crippen LogP contribution in [0.25, 0.3) is 0 Å². The molecule has 0 radical (unpaired) electrons. The van der Waals surface area contributed by atoms with Gasteiger partial charge in [-0.25, -0.2) is 4.98 Å². The number of nitrogens with zero attached hydrogens (tertiary/aromatic N) is 3. The Hall–Kier alpha value is -3.32. The number of hydrogen-bond acceptors (Lipinski definition) is 6. The molecule has 1 saturated carbocycles. The van der Waals surface area contributed by atoms with Gasteiger partial charge in [0.25, 0.3) is 11.8 Å². The van der Waals surface area contributed by atoms with Crippen molar-refractivity contribution in [2.24, 2.45) is 11.7 Å². The molecule has 0 spiro atoms. The summed E-state index contributed by atoms with van der Waals surface area (Å²) in [5.41, 5.74) is 6.17. The Morgan fingerprint density at radius 3 is 2.45 bits per heavy atom. The van der Waals surface area contributed by atoms with Crippen LogP contribution in [-0.4, -0.2) is 66.3 Å². The summed E-state index contributed by atoms with van der Waals surface area (Å²) in [5, 5.41) is 5.05. The van der Waals surface area contributed by atoms with Gasteiger partial charge < -0.3 is 30.6 Å². The van der Waals surface area contributed by atoms with Crippen molar-refractivity contribution >= 4 is 40.7 Å². The predicted molar refractivity (Wildman–Crippen MR) is 133 cm³/mol. The Morgan fingerprint density at radius 2 is 1.82 bits per heavy atom. The van der Waals surface area contributed by atoms with Crippen LogP contribution in [0.1, 0.15) is 52.7 Å². The van der Waals surface area contributed by atoms with Crippen LogP contribution in [0.2, 0.25) is 5.02 Å². The number of nitrogens with two attached hydrogens (primary N) is 1. The fraction of sp³-hybridized carbons (Fsp3) is 0.500. The van der Waals surface area contributed by atoms with Crippen LogP contribution in [-0.2, 0) is 9.53 Å². The summed E-state index contributed by atoms with van der Waals surface area (Å²) >= 11 is 6.34. The second-order valence-corrected chi connectivity index (χ2v) is 9.68. The number of carbonyl (C=O) groups is 3. The van der Waals surface area contributed by atoms with E-state index >= 15 is 0 Å². The van der Waals surface area contributed by atoms with E-state index < -0.39 is 30.2 Å². The molecule has 1 aliphatic carbocycles. The Bertz CT molecular complexity index is 1190. The minimum atomic E-state index is -4.61. The highest BCUT2D eigenvalue weighted by atomic mass is 35.5. The summed E-state index contributed by atoms with van der Waals surface area (Å²) in [6.07, 6.45) is -1.49. The minimum absolute atomic E-state index is 0.183. The Balaban J connectivity index is 1.39. The molecule has 1 saturated heterocycles. The van der Waals surface area contributed by atoms with Gasteiger partial charge in [0.15, 0.2) is 5.69 Å². The quantitative estimate of drug-likeness (QED) is 0.480. The van der Waals surface area contributed by atoms with Crippen LogP contribution in [0.15, 0.2) is 24.5 Å². The van der Waals surface area contributed by atoms with Crippen molar-refractivity contribution in [3.63, 3.8) is 0 Å². The fourth-order valence-electron chi connectivity index (χ4n) is 4.79. The molecule has 38 heavy (non-hydrogen) atoms. The maximum absolute atomic E-state index is 13.0. The van der Waals surface area contributed by atoms with Crippen molar-refractivity contribution in [1.82, 2.24) is 14.9 Å². The molecular weight excluding hydrogens is 529 g/mol. The lowest BCUT2D eigenvalue weighted by atomic mass is 9.85. The third-order valence-corrected chi connectivity index (χ3v) is 7.07. The first-order valence-corrected chi connectivity index (χ1v) is 12.6. The molecule has 4 N–H and O–H groups in total. The van der Waals surface area contributed by atoms with Gasteiger partial charge in [0.05, 0.1) is 30.3 Å². The zero-order chi connectivity index (χ0) is 27.4. The number of aromatic nitrogens is 2. The van der Waals surface area contributed by atoms with Crippen LogP contribution in [0.4, 0.5) is 24.5 Å². The van der Waals surface area contributed by atoms with E-state index in [1.165, 1.54) is 10.9 Å². The highest BCUT2D eigenvalue weighted by Gasteiger charge is 2.33. The second kappa shape index (κ2) is 11.6. The van der Waals surface area contributed by atoms with Gasteiger partial charge in [0.1, 0.15) is 12.2 Å². The van der Waals surface area contributed by atoms with E-state index in [9.17, 15) is 27.6 Å². The molecule has 3 amide bonds. The molecule has 0 atom stereocenters. The third-order valence-electron chi connectivity index (χ3n) is 6.74. The maximum Gasteiger partial charge on any atom is 0.405 e. The molecule has 0 unspecified atom stereocenters. The molecule has 1 aliphatic heterocycles. The molecule has 14 heteroatoms. The Kier molecular flexibility index (Phi) is 8.46. The van der Waals surface area contributed by atoms with E-state index in [1.54, 1.807) is 11.4 Å². The van der Waals surface area contributed by atoms with Crippen molar-refractivity contribution in [3.8, 4) is 0 Å². The molecular formula is C24H28ClF3N6O4. The van der Waals surface area contributed by atoms with Crippen molar-refractivity contribution in [3.05, 3.63) is 40.9 Å². The van der Waals surface area contributed by atoms with Crippen LogP contribution in [0, 0.1) is 5.92 Å². The summed E-state index contributed by atoms with van der Waals surface area (Å²) in [6, 6.07) is 5.18. The number of rotatable bonds is 7. The van der Waals surface area contributed by atoms with Gasteiger partial charge in [-0.15, -0.1) is 0 Å².